The molecule has 1 amide bonds. The van der Waals surface area contributed by atoms with Crippen LogP contribution in [0.15, 0.2) is 30.5 Å². The third kappa shape index (κ3) is 3.38. The number of pyridine rings is 1. The summed E-state index contributed by atoms with van der Waals surface area (Å²) in [5, 5.41) is 0.408. The molecule has 0 spiro atoms. The minimum atomic E-state index is 0.0451. The smallest absolute Gasteiger partial charge is 0.255 e. The fourth-order valence-electron chi connectivity index (χ4n) is 4.66. The van der Waals surface area contributed by atoms with E-state index in [2.05, 4.69) is 35.9 Å². The lowest BCUT2D eigenvalue weighted by molar-refractivity contribution is 0.0497. The Morgan fingerprint density at radius 1 is 1.14 bits per heavy atom. The Balaban J connectivity index is 1.49. The number of aromatic nitrogens is 1. The van der Waals surface area contributed by atoms with Crippen LogP contribution in [0.1, 0.15) is 45.9 Å². The Morgan fingerprint density at radius 2 is 1.96 bits per heavy atom. The third-order valence-electron chi connectivity index (χ3n) is 6.32. The Morgan fingerprint density at radius 3 is 2.68 bits per heavy atom. The molecule has 2 saturated heterocycles. The minimum absolute atomic E-state index is 0.0451. The first kappa shape index (κ1) is 19.2. The molecule has 4 rings (SSSR count). The Bertz CT molecular complexity index is 884. The molecule has 1 unspecified atom stereocenters. The number of amides is 1. The van der Waals surface area contributed by atoms with Crippen LogP contribution in [0.3, 0.4) is 0 Å². The number of ether oxygens (including phenoxy) is 1. The molecule has 2 aliphatic heterocycles. The van der Waals surface area contributed by atoms with Gasteiger partial charge in [0.15, 0.2) is 0 Å². The molecule has 6 heteroatoms. The molecule has 2 aliphatic rings. The summed E-state index contributed by atoms with van der Waals surface area (Å²) in [6.07, 6.45) is 3.80. The maximum Gasteiger partial charge on any atom is 0.255 e. The molecule has 0 saturated carbocycles. The first-order valence-electron chi connectivity index (χ1n) is 9.80. The number of rotatable bonds is 3. The summed E-state index contributed by atoms with van der Waals surface area (Å²) in [5.74, 6) is 0.992. The quantitative estimate of drug-likeness (QED) is 0.731. The van der Waals surface area contributed by atoms with Gasteiger partial charge < -0.3 is 9.64 Å². The van der Waals surface area contributed by atoms with Crippen molar-refractivity contribution in [3.8, 4) is 5.75 Å². The van der Waals surface area contributed by atoms with Gasteiger partial charge in [-0.25, -0.2) is 4.98 Å². The van der Waals surface area contributed by atoms with Gasteiger partial charge in [0.05, 0.1) is 12.7 Å². The van der Waals surface area contributed by atoms with Gasteiger partial charge in [-0.3, -0.25) is 9.69 Å². The minimum Gasteiger partial charge on any atom is -0.496 e. The Kier molecular flexibility index (Phi) is 5.30. The van der Waals surface area contributed by atoms with Crippen LogP contribution >= 0.6 is 11.6 Å². The number of nitrogens with zero attached hydrogens (tertiary/aromatic N) is 3. The molecule has 5 nitrogen and oxygen atoms in total. The second kappa shape index (κ2) is 7.72. The number of hydrogen-bond acceptors (Lipinski definition) is 4. The molecule has 2 atom stereocenters. The molecule has 1 aromatic carbocycles. The highest BCUT2D eigenvalue weighted by Gasteiger charge is 2.40. The summed E-state index contributed by atoms with van der Waals surface area (Å²) in [5.41, 5.74) is 4.53. The zero-order valence-electron chi connectivity index (χ0n) is 16.6. The number of carbonyl (C=O) groups excluding carboxylic acids is 1. The van der Waals surface area contributed by atoms with Gasteiger partial charge in [0, 0.05) is 37.9 Å². The van der Waals surface area contributed by atoms with Crippen molar-refractivity contribution in [1.29, 1.82) is 0 Å². The fourth-order valence-corrected chi connectivity index (χ4v) is 4.77. The molecule has 0 N–H and O–H groups in total. The van der Waals surface area contributed by atoms with E-state index in [-0.39, 0.29) is 5.91 Å². The largest absolute Gasteiger partial charge is 0.496 e. The van der Waals surface area contributed by atoms with Crippen molar-refractivity contribution in [2.45, 2.75) is 38.8 Å². The Hall–Kier alpha value is -2.11. The van der Waals surface area contributed by atoms with Crippen molar-refractivity contribution in [2.24, 2.45) is 0 Å². The van der Waals surface area contributed by atoms with Crippen LogP contribution in [-0.4, -0.2) is 53.5 Å². The van der Waals surface area contributed by atoms with Crippen molar-refractivity contribution in [1.82, 2.24) is 14.8 Å². The van der Waals surface area contributed by atoms with Crippen LogP contribution in [0.25, 0.3) is 0 Å². The van der Waals surface area contributed by atoms with Crippen molar-refractivity contribution >= 4 is 17.5 Å². The van der Waals surface area contributed by atoms with Crippen LogP contribution in [0.2, 0.25) is 5.15 Å². The lowest BCUT2D eigenvalue weighted by Crippen LogP contribution is -2.52. The average Bonchev–Trinajstić information content (AvgIpc) is 3.13. The molecule has 2 fully saturated rings. The van der Waals surface area contributed by atoms with Crippen molar-refractivity contribution < 1.29 is 9.53 Å². The number of fused-ring (bicyclic) bond motifs is 1. The van der Waals surface area contributed by atoms with Crippen LogP contribution in [0.5, 0.6) is 5.75 Å². The molecule has 3 heterocycles. The first-order chi connectivity index (χ1) is 13.5. The van der Waals surface area contributed by atoms with Crippen LogP contribution in [0, 0.1) is 13.8 Å². The summed E-state index contributed by atoms with van der Waals surface area (Å²) in [7, 11) is 1.72. The van der Waals surface area contributed by atoms with Crippen molar-refractivity contribution in [3.63, 3.8) is 0 Å². The summed E-state index contributed by atoms with van der Waals surface area (Å²) in [4.78, 5) is 21.4. The second-order valence-electron chi connectivity index (χ2n) is 7.71. The molecule has 28 heavy (non-hydrogen) atoms. The van der Waals surface area contributed by atoms with E-state index in [4.69, 9.17) is 16.3 Å². The molecular weight excluding hydrogens is 374 g/mol. The van der Waals surface area contributed by atoms with Gasteiger partial charge in [0.25, 0.3) is 5.91 Å². The van der Waals surface area contributed by atoms with E-state index < -0.39 is 0 Å². The van der Waals surface area contributed by atoms with Crippen LogP contribution in [0.4, 0.5) is 0 Å². The second-order valence-corrected chi connectivity index (χ2v) is 8.10. The van der Waals surface area contributed by atoms with E-state index in [0.29, 0.717) is 22.8 Å². The molecular formula is C22H26ClN3O2. The van der Waals surface area contributed by atoms with E-state index in [9.17, 15) is 4.79 Å². The fraction of sp³-hybridized carbons (Fsp3) is 0.455. The van der Waals surface area contributed by atoms with E-state index in [1.165, 1.54) is 16.7 Å². The number of methoxy groups -OCH3 is 1. The molecule has 0 bridgehead atoms. The number of benzene rings is 1. The van der Waals surface area contributed by atoms with Gasteiger partial charge in [0.2, 0.25) is 0 Å². The summed E-state index contributed by atoms with van der Waals surface area (Å²) in [6, 6.07) is 8.55. The standard InChI is InChI=1S/C22H26ClN3O2/c1-14-15(2)20(28-3)8-6-18(14)19-7-5-17-13-25(10-11-26(17)19)22(27)16-4-9-21(23)24-12-16/h4,6,8-9,12,17,19H,5,7,10-11,13H2,1-3H3/t17-,19?/m0/s1. The van der Waals surface area contributed by atoms with Gasteiger partial charge in [-0.15, -0.1) is 0 Å². The molecule has 2 aromatic rings. The highest BCUT2D eigenvalue weighted by molar-refractivity contribution is 6.29. The summed E-state index contributed by atoms with van der Waals surface area (Å²) < 4.78 is 5.47. The number of piperazine rings is 1. The van der Waals surface area contributed by atoms with Gasteiger partial charge in [-0.05, 0) is 61.6 Å². The van der Waals surface area contributed by atoms with Crippen molar-refractivity contribution in [2.75, 3.05) is 26.7 Å². The van der Waals surface area contributed by atoms with Gasteiger partial charge >= 0.3 is 0 Å². The molecule has 1 aromatic heterocycles. The normalized spacial score (nSPS) is 22.2. The third-order valence-corrected chi connectivity index (χ3v) is 6.55. The Labute approximate surface area is 171 Å². The summed E-state index contributed by atoms with van der Waals surface area (Å²) in [6.45, 7) is 6.72. The van der Waals surface area contributed by atoms with Crippen molar-refractivity contribution in [3.05, 3.63) is 57.9 Å². The van der Waals surface area contributed by atoms with Crippen LogP contribution in [-0.2, 0) is 0 Å². The molecule has 0 aliphatic carbocycles. The zero-order chi connectivity index (χ0) is 19.8. The van der Waals surface area contributed by atoms with E-state index in [1.54, 1.807) is 25.4 Å². The van der Waals surface area contributed by atoms with Gasteiger partial charge in [-0.2, -0.15) is 0 Å². The lowest BCUT2D eigenvalue weighted by Gasteiger charge is -2.40. The SMILES string of the molecule is COc1ccc(C2CC[C@H]3CN(C(=O)c4ccc(Cl)nc4)CCN23)c(C)c1C. The average molecular weight is 400 g/mol. The highest BCUT2D eigenvalue weighted by Crippen LogP contribution is 2.41. The maximum absolute atomic E-state index is 12.8. The van der Waals surface area contributed by atoms with E-state index >= 15 is 0 Å². The van der Waals surface area contributed by atoms with Gasteiger partial charge in [0.1, 0.15) is 10.9 Å². The topological polar surface area (TPSA) is 45.7 Å². The number of halogens is 1. The van der Waals surface area contributed by atoms with Gasteiger partial charge in [-0.1, -0.05) is 17.7 Å². The lowest BCUT2D eigenvalue weighted by atomic mass is 9.95. The number of hydrogen-bond donors (Lipinski definition) is 0. The maximum atomic E-state index is 12.8. The highest BCUT2D eigenvalue weighted by atomic mass is 35.5. The number of carbonyl (C=O) groups is 1. The predicted octanol–water partition coefficient (Wildman–Crippen LogP) is 4.02. The van der Waals surface area contributed by atoms with E-state index in [1.807, 2.05) is 4.90 Å². The first-order valence-corrected chi connectivity index (χ1v) is 10.2. The van der Waals surface area contributed by atoms with E-state index in [0.717, 1.165) is 38.2 Å². The monoisotopic (exact) mass is 399 g/mol. The molecule has 0 radical (unpaired) electrons. The van der Waals surface area contributed by atoms with Crippen LogP contribution < -0.4 is 4.74 Å². The molecule has 148 valence electrons. The zero-order valence-corrected chi connectivity index (χ0v) is 17.4. The predicted molar refractivity (Wildman–Crippen MR) is 110 cm³/mol. The summed E-state index contributed by atoms with van der Waals surface area (Å²) >= 11 is 5.84.